The summed E-state index contributed by atoms with van der Waals surface area (Å²) in [6.45, 7) is 3.35. The first-order valence-electron chi connectivity index (χ1n) is 8.76. The van der Waals surface area contributed by atoms with Gasteiger partial charge in [0.1, 0.15) is 5.84 Å². The highest BCUT2D eigenvalue weighted by Crippen LogP contribution is 2.21. The smallest absolute Gasteiger partial charge is 0.182 e. The number of carbonyl (C=O) groups excluding carboxylic acids is 1. The fourth-order valence-corrected chi connectivity index (χ4v) is 3.00. The zero-order chi connectivity index (χ0) is 16.8. The molecule has 0 aromatic heterocycles. The van der Waals surface area contributed by atoms with Crippen LogP contribution in [0.25, 0.3) is 0 Å². The molecule has 132 valence electrons. The molecule has 0 atom stereocenters. The maximum Gasteiger partial charge on any atom is 0.182 e. The standard InChI is InChI=1S/C21H24N2O.BrH/c1-2-17-11-13-19(14-12-17)23(21-10-6-7-15-22-21)16-20(24)18-8-4-3-5-9-18;/h3-5,8-9,11-14H,2,6-7,10,15-16H2,1H3;1H. The number of hydrogen-bond donors (Lipinski definition) is 0. The number of aryl methyl sites for hydroxylation is 1. The number of nitrogens with zero attached hydrogens (tertiary/aromatic N) is 2. The summed E-state index contributed by atoms with van der Waals surface area (Å²) in [6.07, 6.45) is 4.24. The van der Waals surface area contributed by atoms with E-state index in [4.69, 9.17) is 0 Å². The highest BCUT2D eigenvalue weighted by molar-refractivity contribution is 8.93. The number of halogens is 1. The van der Waals surface area contributed by atoms with Crippen LogP contribution in [0, 0.1) is 0 Å². The molecule has 0 amide bonds. The Morgan fingerprint density at radius 2 is 1.76 bits per heavy atom. The van der Waals surface area contributed by atoms with Gasteiger partial charge in [-0.05, 0) is 37.0 Å². The van der Waals surface area contributed by atoms with Gasteiger partial charge in [0.05, 0.1) is 6.54 Å². The van der Waals surface area contributed by atoms with Gasteiger partial charge in [-0.1, -0.05) is 49.4 Å². The minimum Gasteiger partial charge on any atom is -0.322 e. The molecule has 3 nitrogen and oxygen atoms in total. The van der Waals surface area contributed by atoms with Crippen LogP contribution in [0.3, 0.4) is 0 Å². The van der Waals surface area contributed by atoms with E-state index in [9.17, 15) is 4.79 Å². The van der Waals surface area contributed by atoms with Gasteiger partial charge in [-0.3, -0.25) is 9.79 Å². The van der Waals surface area contributed by atoms with E-state index in [1.165, 1.54) is 5.56 Å². The Labute approximate surface area is 160 Å². The van der Waals surface area contributed by atoms with E-state index in [-0.39, 0.29) is 22.8 Å². The lowest BCUT2D eigenvalue weighted by Gasteiger charge is -2.28. The maximum atomic E-state index is 12.7. The molecule has 0 radical (unpaired) electrons. The van der Waals surface area contributed by atoms with Crippen molar-refractivity contribution in [3.8, 4) is 0 Å². The third kappa shape index (κ3) is 5.02. The van der Waals surface area contributed by atoms with Gasteiger partial charge in [-0.15, -0.1) is 17.0 Å². The molecule has 0 saturated heterocycles. The third-order valence-electron chi connectivity index (χ3n) is 4.47. The van der Waals surface area contributed by atoms with Gasteiger partial charge in [0.25, 0.3) is 0 Å². The number of hydrogen-bond acceptors (Lipinski definition) is 3. The summed E-state index contributed by atoms with van der Waals surface area (Å²) in [5.74, 6) is 1.17. The van der Waals surface area contributed by atoms with E-state index in [1.54, 1.807) is 0 Å². The number of anilines is 1. The second-order valence-electron chi connectivity index (χ2n) is 6.15. The molecule has 1 aliphatic heterocycles. The maximum absolute atomic E-state index is 12.7. The van der Waals surface area contributed by atoms with Crippen molar-refractivity contribution < 1.29 is 4.79 Å². The lowest BCUT2D eigenvalue weighted by Crippen LogP contribution is -2.37. The fourth-order valence-electron chi connectivity index (χ4n) is 3.00. The van der Waals surface area contributed by atoms with Crippen LogP contribution in [0.2, 0.25) is 0 Å². The van der Waals surface area contributed by atoms with E-state index in [2.05, 4.69) is 41.1 Å². The molecule has 4 heteroatoms. The molecular formula is C21H25BrN2O. The van der Waals surface area contributed by atoms with Crippen molar-refractivity contribution >= 4 is 34.3 Å². The van der Waals surface area contributed by atoms with Crippen molar-refractivity contribution in [1.82, 2.24) is 0 Å². The molecule has 2 aromatic rings. The minimum atomic E-state index is 0. The summed E-state index contributed by atoms with van der Waals surface area (Å²) in [5.41, 5.74) is 3.11. The quantitative estimate of drug-likeness (QED) is 0.653. The Bertz CT molecular complexity index is 710. The summed E-state index contributed by atoms with van der Waals surface area (Å²) >= 11 is 0. The van der Waals surface area contributed by atoms with Crippen molar-refractivity contribution in [2.75, 3.05) is 18.0 Å². The molecule has 2 aromatic carbocycles. The molecule has 0 fully saturated rings. The Balaban J connectivity index is 0.00000225. The van der Waals surface area contributed by atoms with Gasteiger partial charge in [0, 0.05) is 24.2 Å². The van der Waals surface area contributed by atoms with Crippen LogP contribution in [-0.4, -0.2) is 24.7 Å². The Hall–Kier alpha value is -1.94. The van der Waals surface area contributed by atoms with Gasteiger partial charge < -0.3 is 4.90 Å². The second kappa shape index (κ2) is 9.52. The van der Waals surface area contributed by atoms with Gasteiger partial charge in [0.2, 0.25) is 0 Å². The molecule has 1 aliphatic rings. The Morgan fingerprint density at radius 3 is 2.36 bits per heavy atom. The largest absolute Gasteiger partial charge is 0.322 e. The van der Waals surface area contributed by atoms with E-state index < -0.39 is 0 Å². The number of benzene rings is 2. The van der Waals surface area contributed by atoms with Crippen LogP contribution in [0.15, 0.2) is 59.6 Å². The van der Waals surface area contributed by atoms with Gasteiger partial charge in [-0.25, -0.2) is 0 Å². The lowest BCUT2D eigenvalue weighted by atomic mass is 10.1. The molecule has 25 heavy (non-hydrogen) atoms. The van der Waals surface area contributed by atoms with Crippen molar-refractivity contribution in [3.63, 3.8) is 0 Å². The predicted octanol–water partition coefficient (Wildman–Crippen LogP) is 5.10. The average molecular weight is 401 g/mol. The van der Waals surface area contributed by atoms with Crippen molar-refractivity contribution in [3.05, 3.63) is 65.7 Å². The van der Waals surface area contributed by atoms with Crippen LogP contribution < -0.4 is 4.90 Å². The summed E-state index contributed by atoms with van der Waals surface area (Å²) in [5, 5.41) is 0. The highest BCUT2D eigenvalue weighted by atomic mass is 79.9. The number of amidine groups is 1. The minimum absolute atomic E-state index is 0. The average Bonchev–Trinajstić information content (AvgIpc) is 2.67. The van der Waals surface area contributed by atoms with Crippen molar-refractivity contribution in [1.29, 1.82) is 0 Å². The fraction of sp³-hybridized carbons (Fsp3) is 0.333. The summed E-state index contributed by atoms with van der Waals surface area (Å²) in [7, 11) is 0. The number of Topliss-reactive ketones (excluding diaryl/α,β-unsaturated/α-hetero) is 1. The van der Waals surface area contributed by atoms with E-state index >= 15 is 0 Å². The second-order valence-corrected chi connectivity index (χ2v) is 6.15. The SMILES string of the molecule is Br.CCc1ccc(N(CC(=O)c2ccccc2)C2=NCCCC2)cc1. The van der Waals surface area contributed by atoms with E-state index in [0.29, 0.717) is 6.54 Å². The normalized spacial score (nSPS) is 13.6. The van der Waals surface area contributed by atoms with Crippen molar-refractivity contribution in [2.45, 2.75) is 32.6 Å². The number of ketones is 1. The Morgan fingerprint density at radius 1 is 1.04 bits per heavy atom. The number of rotatable bonds is 5. The molecule has 0 unspecified atom stereocenters. The summed E-state index contributed by atoms with van der Waals surface area (Å²) in [4.78, 5) is 19.5. The first-order valence-corrected chi connectivity index (χ1v) is 8.76. The van der Waals surface area contributed by atoms with Crippen molar-refractivity contribution in [2.24, 2.45) is 4.99 Å². The third-order valence-corrected chi connectivity index (χ3v) is 4.47. The molecule has 0 saturated carbocycles. The van der Waals surface area contributed by atoms with Gasteiger partial charge in [0.15, 0.2) is 5.78 Å². The monoisotopic (exact) mass is 400 g/mol. The van der Waals surface area contributed by atoms with Crippen LogP contribution in [0.5, 0.6) is 0 Å². The van der Waals surface area contributed by atoms with Crippen LogP contribution in [0.4, 0.5) is 5.69 Å². The summed E-state index contributed by atoms with van der Waals surface area (Å²) in [6, 6.07) is 18.0. The highest BCUT2D eigenvalue weighted by Gasteiger charge is 2.19. The first kappa shape index (κ1) is 19.4. The number of aliphatic imine (C=N–C) groups is 1. The molecule has 0 N–H and O–H groups in total. The topological polar surface area (TPSA) is 32.7 Å². The van der Waals surface area contributed by atoms with E-state index in [1.807, 2.05) is 30.3 Å². The van der Waals surface area contributed by atoms with Crippen LogP contribution in [-0.2, 0) is 6.42 Å². The van der Waals surface area contributed by atoms with Crippen LogP contribution in [0.1, 0.15) is 42.1 Å². The van der Waals surface area contributed by atoms with Gasteiger partial charge >= 0.3 is 0 Å². The predicted molar refractivity (Wildman–Crippen MR) is 110 cm³/mol. The van der Waals surface area contributed by atoms with E-state index in [0.717, 1.165) is 49.3 Å². The molecule has 0 spiro atoms. The van der Waals surface area contributed by atoms with Gasteiger partial charge in [-0.2, -0.15) is 0 Å². The van der Waals surface area contributed by atoms with Crippen LogP contribution >= 0.6 is 17.0 Å². The zero-order valence-corrected chi connectivity index (χ0v) is 16.4. The zero-order valence-electron chi connectivity index (χ0n) is 14.6. The lowest BCUT2D eigenvalue weighted by molar-refractivity contribution is 0.100. The molecular weight excluding hydrogens is 376 g/mol. The molecule has 3 rings (SSSR count). The summed E-state index contributed by atoms with van der Waals surface area (Å²) < 4.78 is 0. The molecule has 0 bridgehead atoms. The molecule has 0 aliphatic carbocycles. The number of carbonyl (C=O) groups is 1. The molecule has 1 heterocycles. The Kier molecular flexibility index (Phi) is 7.38. The first-order chi connectivity index (χ1) is 11.8.